The smallest absolute Gasteiger partial charge is 0.211 e. The molecule has 0 spiro atoms. The van der Waals surface area contributed by atoms with E-state index < -0.39 is 10.0 Å². The highest BCUT2D eigenvalue weighted by Gasteiger charge is 2.11. The maximum absolute atomic E-state index is 12.0. The molecule has 2 aromatic rings. The molecule has 0 aliphatic rings. The molecule has 0 radical (unpaired) electrons. The fourth-order valence-electron chi connectivity index (χ4n) is 1.86. The highest BCUT2D eigenvalue weighted by molar-refractivity contribution is 7.89. The minimum Gasteiger partial charge on any atom is -0.211 e. The summed E-state index contributed by atoms with van der Waals surface area (Å²) in [4.78, 5) is 0.306. The van der Waals surface area contributed by atoms with E-state index in [2.05, 4.69) is 4.72 Å². The number of hydrogen-bond donors (Lipinski definition) is 1. The summed E-state index contributed by atoms with van der Waals surface area (Å²) in [7, 11) is -3.41. The molecule has 0 saturated heterocycles. The van der Waals surface area contributed by atoms with Crippen LogP contribution in [0.5, 0.6) is 0 Å². The molecule has 0 saturated carbocycles. The summed E-state index contributed by atoms with van der Waals surface area (Å²) < 4.78 is 26.7. The molecule has 2 rings (SSSR count). The Morgan fingerprint density at radius 3 is 2.33 bits per heavy atom. The molecule has 21 heavy (non-hydrogen) atoms. The number of benzene rings is 2. The topological polar surface area (TPSA) is 46.2 Å². The first-order chi connectivity index (χ1) is 10.1. The Hall–Kier alpha value is -1.91. The van der Waals surface area contributed by atoms with Gasteiger partial charge in [0.15, 0.2) is 0 Å². The lowest BCUT2D eigenvalue weighted by Crippen LogP contribution is -2.24. The zero-order chi connectivity index (χ0) is 15.1. The first-order valence-corrected chi connectivity index (χ1v) is 8.34. The number of sulfonamides is 1. The first-order valence-electron chi connectivity index (χ1n) is 6.86. The SMILES string of the molecule is Cc1ccc(S(=O)(=O)NCC/C=C\c2ccccc2)cc1. The van der Waals surface area contributed by atoms with Crippen LogP contribution in [0, 0.1) is 6.92 Å². The Morgan fingerprint density at radius 2 is 1.67 bits per heavy atom. The predicted molar refractivity (Wildman–Crippen MR) is 86.5 cm³/mol. The zero-order valence-electron chi connectivity index (χ0n) is 12.0. The van der Waals surface area contributed by atoms with Crippen LogP contribution in [0.3, 0.4) is 0 Å². The molecule has 0 fully saturated rings. The fraction of sp³-hybridized carbons (Fsp3) is 0.176. The van der Waals surface area contributed by atoms with E-state index in [1.54, 1.807) is 24.3 Å². The van der Waals surface area contributed by atoms with E-state index in [0.717, 1.165) is 11.1 Å². The van der Waals surface area contributed by atoms with Gasteiger partial charge in [-0.3, -0.25) is 0 Å². The molecule has 0 aliphatic heterocycles. The van der Waals surface area contributed by atoms with Crippen LogP contribution >= 0.6 is 0 Å². The van der Waals surface area contributed by atoms with Crippen molar-refractivity contribution in [3.8, 4) is 0 Å². The first kappa shape index (κ1) is 15.5. The van der Waals surface area contributed by atoms with Crippen molar-refractivity contribution in [1.82, 2.24) is 4.72 Å². The fourth-order valence-corrected chi connectivity index (χ4v) is 2.91. The van der Waals surface area contributed by atoms with Crippen molar-refractivity contribution < 1.29 is 8.42 Å². The second kappa shape index (κ2) is 7.20. The second-order valence-corrected chi connectivity index (χ2v) is 6.58. The van der Waals surface area contributed by atoms with Crippen LogP contribution in [0.2, 0.25) is 0 Å². The molecule has 110 valence electrons. The molecule has 0 bridgehead atoms. The summed E-state index contributed by atoms with van der Waals surface area (Å²) in [5.41, 5.74) is 2.15. The number of hydrogen-bond acceptors (Lipinski definition) is 2. The Labute approximate surface area is 126 Å². The largest absolute Gasteiger partial charge is 0.240 e. The van der Waals surface area contributed by atoms with Gasteiger partial charge in [-0.05, 0) is 31.0 Å². The Bertz CT molecular complexity index is 689. The van der Waals surface area contributed by atoms with Gasteiger partial charge >= 0.3 is 0 Å². The maximum atomic E-state index is 12.0. The quantitative estimate of drug-likeness (QED) is 0.831. The molecule has 0 aliphatic carbocycles. The maximum Gasteiger partial charge on any atom is 0.240 e. The molecule has 0 amide bonds. The van der Waals surface area contributed by atoms with Crippen LogP contribution in [0.1, 0.15) is 17.5 Å². The average Bonchev–Trinajstić information content (AvgIpc) is 2.48. The van der Waals surface area contributed by atoms with Crippen molar-refractivity contribution in [3.63, 3.8) is 0 Å². The number of rotatable bonds is 6. The van der Waals surface area contributed by atoms with Crippen LogP contribution < -0.4 is 4.72 Å². The summed E-state index contributed by atoms with van der Waals surface area (Å²) in [5.74, 6) is 0. The van der Waals surface area contributed by atoms with Gasteiger partial charge in [0, 0.05) is 6.54 Å². The van der Waals surface area contributed by atoms with Gasteiger partial charge in [0.05, 0.1) is 4.90 Å². The van der Waals surface area contributed by atoms with Gasteiger partial charge in [-0.1, -0.05) is 60.2 Å². The molecule has 0 atom stereocenters. The van der Waals surface area contributed by atoms with E-state index >= 15 is 0 Å². The third kappa shape index (κ3) is 4.85. The average molecular weight is 301 g/mol. The number of aryl methyl sites for hydroxylation is 1. The van der Waals surface area contributed by atoms with E-state index in [1.165, 1.54) is 0 Å². The van der Waals surface area contributed by atoms with E-state index in [4.69, 9.17) is 0 Å². The van der Waals surface area contributed by atoms with Crippen LogP contribution in [0.15, 0.2) is 65.6 Å². The van der Waals surface area contributed by atoms with Gasteiger partial charge in [0.2, 0.25) is 10.0 Å². The minimum atomic E-state index is -3.41. The van der Waals surface area contributed by atoms with Gasteiger partial charge in [0.25, 0.3) is 0 Å². The Morgan fingerprint density at radius 1 is 1.00 bits per heavy atom. The zero-order valence-corrected chi connectivity index (χ0v) is 12.8. The van der Waals surface area contributed by atoms with Crippen LogP contribution in [0.25, 0.3) is 6.08 Å². The van der Waals surface area contributed by atoms with Crippen LogP contribution in [-0.2, 0) is 10.0 Å². The molecule has 2 aromatic carbocycles. The minimum absolute atomic E-state index is 0.306. The molecule has 0 heterocycles. The van der Waals surface area contributed by atoms with Crippen molar-refractivity contribution in [2.24, 2.45) is 0 Å². The highest BCUT2D eigenvalue weighted by atomic mass is 32.2. The normalized spacial score (nSPS) is 11.9. The molecule has 0 aromatic heterocycles. The molecule has 0 unspecified atom stereocenters. The van der Waals surface area contributed by atoms with Crippen LogP contribution in [0.4, 0.5) is 0 Å². The molecular weight excluding hydrogens is 282 g/mol. The summed E-state index contributed by atoms with van der Waals surface area (Å²) in [6, 6.07) is 16.8. The van der Waals surface area contributed by atoms with Crippen molar-refractivity contribution >= 4 is 16.1 Å². The lowest BCUT2D eigenvalue weighted by atomic mass is 10.2. The van der Waals surface area contributed by atoms with E-state index in [1.807, 2.05) is 49.4 Å². The lowest BCUT2D eigenvalue weighted by Gasteiger charge is -2.05. The monoisotopic (exact) mass is 301 g/mol. The summed E-state index contributed by atoms with van der Waals surface area (Å²) in [6.07, 6.45) is 4.60. The third-order valence-electron chi connectivity index (χ3n) is 3.04. The number of nitrogens with one attached hydrogen (secondary N) is 1. The summed E-state index contributed by atoms with van der Waals surface area (Å²) in [5, 5.41) is 0. The van der Waals surface area contributed by atoms with Crippen molar-refractivity contribution in [2.45, 2.75) is 18.2 Å². The molecule has 3 nitrogen and oxygen atoms in total. The van der Waals surface area contributed by atoms with E-state index in [-0.39, 0.29) is 0 Å². The van der Waals surface area contributed by atoms with Gasteiger partial charge in [-0.15, -0.1) is 0 Å². The Balaban J connectivity index is 1.85. The summed E-state index contributed by atoms with van der Waals surface area (Å²) in [6.45, 7) is 2.32. The standard InChI is InChI=1S/C17H19NO2S/c1-15-10-12-17(13-11-15)21(19,20)18-14-6-5-9-16-7-3-2-4-8-16/h2-5,7-13,18H,6,14H2,1H3/b9-5-. The van der Waals surface area contributed by atoms with Crippen molar-refractivity contribution in [2.75, 3.05) is 6.54 Å². The third-order valence-corrected chi connectivity index (χ3v) is 4.52. The van der Waals surface area contributed by atoms with Gasteiger partial charge in [0.1, 0.15) is 0 Å². The van der Waals surface area contributed by atoms with Gasteiger partial charge < -0.3 is 0 Å². The van der Waals surface area contributed by atoms with Crippen LogP contribution in [-0.4, -0.2) is 15.0 Å². The van der Waals surface area contributed by atoms with E-state index in [0.29, 0.717) is 17.9 Å². The van der Waals surface area contributed by atoms with Gasteiger partial charge in [-0.25, -0.2) is 13.1 Å². The van der Waals surface area contributed by atoms with Gasteiger partial charge in [-0.2, -0.15) is 0 Å². The van der Waals surface area contributed by atoms with Crippen molar-refractivity contribution in [3.05, 3.63) is 71.8 Å². The summed E-state index contributed by atoms with van der Waals surface area (Å²) >= 11 is 0. The predicted octanol–water partition coefficient (Wildman–Crippen LogP) is 3.38. The molecule has 4 heteroatoms. The highest BCUT2D eigenvalue weighted by Crippen LogP contribution is 2.09. The second-order valence-electron chi connectivity index (χ2n) is 4.81. The van der Waals surface area contributed by atoms with E-state index in [9.17, 15) is 8.42 Å². The molecule has 1 N–H and O–H groups in total. The molecular formula is C17H19NO2S. The van der Waals surface area contributed by atoms with Crippen molar-refractivity contribution in [1.29, 1.82) is 0 Å². The lowest BCUT2D eigenvalue weighted by molar-refractivity contribution is 0.582. The Kier molecular flexibility index (Phi) is 5.31.